The molecule has 20 heavy (non-hydrogen) atoms. The lowest BCUT2D eigenvalue weighted by Crippen LogP contribution is -2.17. The lowest BCUT2D eigenvalue weighted by Gasteiger charge is -2.12. The van der Waals surface area contributed by atoms with Crippen molar-refractivity contribution >= 4 is 34.3 Å². The van der Waals surface area contributed by atoms with Gasteiger partial charge in [-0.25, -0.2) is 0 Å². The average Bonchev–Trinajstić information content (AvgIpc) is 3.09. The number of benzene rings is 1. The van der Waals surface area contributed by atoms with Gasteiger partial charge in [0.2, 0.25) is 4.77 Å². The van der Waals surface area contributed by atoms with Gasteiger partial charge in [0, 0.05) is 17.5 Å². The van der Waals surface area contributed by atoms with E-state index in [-0.39, 0.29) is 6.10 Å². The third-order valence-electron chi connectivity index (χ3n) is 3.81. The van der Waals surface area contributed by atoms with Gasteiger partial charge in [-0.2, -0.15) is 0 Å². The van der Waals surface area contributed by atoms with E-state index in [0.29, 0.717) is 4.77 Å². The second-order valence-corrected chi connectivity index (χ2v) is 5.46. The van der Waals surface area contributed by atoms with Crippen LogP contribution in [0.4, 0.5) is 0 Å². The van der Waals surface area contributed by atoms with Gasteiger partial charge in [0.05, 0.1) is 12.6 Å². The van der Waals surface area contributed by atoms with E-state index in [1.807, 2.05) is 28.8 Å². The molecule has 1 N–H and O–H groups in total. The minimum absolute atomic E-state index is 0.223. The monoisotopic (exact) mass is 286 g/mol. The summed E-state index contributed by atoms with van der Waals surface area (Å²) in [5, 5.41) is 9.46. The SMILES string of the molecule is S=c1nnc2c3ccccc3[nH]c2n1C[C@@H]1CCCO1. The van der Waals surface area contributed by atoms with E-state index in [9.17, 15) is 0 Å². The number of aromatic nitrogens is 4. The first-order valence-electron chi connectivity index (χ1n) is 6.78. The molecule has 3 heterocycles. The third-order valence-corrected chi connectivity index (χ3v) is 4.11. The molecular formula is C14H14N4OS. The Hall–Kier alpha value is -1.79. The summed E-state index contributed by atoms with van der Waals surface area (Å²) in [5.74, 6) is 0. The first kappa shape index (κ1) is 12.0. The molecule has 0 bridgehead atoms. The average molecular weight is 286 g/mol. The van der Waals surface area contributed by atoms with Crippen molar-refractivity contribution in [3.63, 3.8) is 0 Å². The quantitative estimate of drug-likeness (QED) is 0.736. The van der Waals surface area contributed by atoms with Crippen LogP contribution in [0.2, 0.25) is 0 Å². The Kier molecular flexibility index (Phi) is 2.78. The number of aromatic amines is 1. The molecule has 1 aliphatic rings. The van der Waals surface area contributed by atoms with Crippen molar-refractivity contribution in [2.75, 3.05) is 6.61 Å². The Balaban J connectivity index is 1.93. The Morgan fingerprint density at radius 3 is 3.10 bits per heavy atom. The number of nitrogens with one attached hydrogen (secondary N) is 1. The molecule has 102 valence electrons. The molecular weight excluding hydrogens is 272 g/mol. The molecule has 0 spiro atoms. The van der Waals surface area contributed by atoms with Crippen LogP contribution < -0.4 is 0 Å². The molecule has 1 saturated heterocycles. The summed E-state index contributed by atoms with van der Waals surface area (Å²) in [6, 6.07) is 8.09. The number of hydrogen-bond acceptors (Lipinski definition) is 4. The van der Waals surface area contributed by atoms with Gasteiger partial charge < -0.3 is 9.72 Å². The summed E-state index contributed by atoms with van der Waals surface area (Å²) in [6.45, 7) is 1.57. The van der Waals surface area contributed by atoms with Crippen molar-refractivity contribution in [3.8, 4) is 0 Å². The summed E-state index contributed by atoms with van der Waals surface area (Å²) in [6.07, 6.45) is 2.42. The number of para-hydroxylation sites is 1. The molecule has 0 aliphatic carbocycles. The molecule has 1 atom stereocenters. The molecule has 0 amide bonds. The lowest BCUT2D eigenvalue weighted by atomic mass is 10.2. The molecule has 0 radical (unpaired) electrons. The summed E-state index contributed by atoms with van der Waals surface area (Å²) < 4.78 is 8.21. The molecule has 0 saturated carbocycles. The third kappa shape index (κ3) is 1.83. The van der Waals surface area contributed by atoms with Crippen LogP contribution in [0.5, 0.6) is 0 Å². The topological polar surface area (TPSA) is 55.7 Å². The summed E-state index contributed by atoms with van der Waals surface area (Å²) >= 11 is 5.33. The lowest BCUT2D eigenvalue weighted by molar-refractivity contribution is 0.0971. The zero-order valence-corrected chi connectivity index (χ0v) is 11.7. The van der Waals surface area contributed by atoms with E-state index in [1.54, 1.807) is 0 Å². The zero-order chi connectivity index (χ0) is 13.5. The second-order valence-electron chi connectivity index (χ2n) is 5.10. The summed E-state index contributed by atoms with van der Waals surface area (Å²) in [7, 11) is 0. The highest BCUT2D eigenvalue weighted by molar-refractivity contribution is 7.71. The van der Waals surface area contributed by atoms with Gasteiger partial charge in [-0.15, -0.1) is 10.2 Å². The molecule has 4 rings (SSSR count). The first-order chi connectivity index (χ1) is 9.83. The van der Waals surface area contributed by atoms with Crippen LogP contribution in [0.15, 0.2) is 24.3 Å². The van der Waals surface area contributed by atoms with Crippen LogP contribution in [0.25, 0.3) is 22.1 Å². The van der Waals surface area contributed by atoms with Gasteiger partial charge in [-0.05, 0) is 31.1 Å². The number of nitrogens with zero attached hydrogens (tertiary/aromatic N) is 3. The number of rotatable bonds is 2. The molecule has 6 heteroatoms. The van der Waals surface area contributed by atoms with Crippen molar-refractivity contribution in [1.29, 1.82) is 0 Å². The van der Waals surface area contributed by atoms with Crippen molar-refractivity contribution < 1.29 is 4.74 Å². The van der Waals surface area contributed by atoms with Gasteiger partial charge in [0.1, 0.15) is 11.2 Å². The van der Waals surface area contributed by atoms with Gasteiger partial charge in [0.15, 0.2) is 0 Å². The maximum Gasteiger partial charge on any atom is 0.222 e. The zero-order valence-electron chi connectivity index (χ0n) is 10.9. The molecule has 5 nitrogen and oxygen atoms in total. The van der Waals surface area contributed by atoms with E-state index >= 15 is 0 Å². The van der Waals surface area contributed by atoms with Gasteiger partial charge in [0.25, 0.3) is 0 Å². The van der Waals surface area contributed by atoms with Gasteiger partial charge in [-0.1, -0.05) is 18.2 Å². The highest BCUT2D eigenvalue weighted by Gasteiger charge is 2.18. The Bertz CT molecular complexity index is 832. The highest BCUT2D eigenvalue weighted by atomic mass is 32.1. The van der Waals surface area contributed by atoms with E-state index in [1.165, 1.54) is 0 Å². The first-order valence-corrected chi connectivity index (χ1v) is 7.19. The molecule has 2 aromatic heterocycles. The van der Waals surface area contributed by atoms with Crippen LogP contribution in [0.1, 0.15) is 12.8 Å². The van der Waals surface area contributed by atoms with Crippen molar-refractivity contribution in [2.24, 2.45) is 0 Å². The largest absolute Gasteiger partial charge is 0.376 e. The van der Waals surface area contributed by atoms with E-state index < -0.39 is 0 Å². The van der Waals surface area contributed by atoms with Gasteiger partial charge in [-0.3, -0.25) is 4.57 Å². The van der Waals surface area contributed by atoms with E-state index in [2.05, 4.69) is 15.2 Å². The van der Waals surface area contributed by atoms with Crippen molar-refractivity contribution in [3.05, 3.63) is 29.0 Å². The summed E-state index contributed by atoms with van der Waals surface area (Å²) in [5.41, 5.74) is 2.85. The van der Waals surface area contributed by atoms with Crippen LogP contribution in [0.3, 0.4) is 0 Å². The standard InChI is InChI=1S/C14H14N4OS/c20-14-17-16-12-10-5-1-2-6-11(10)15-13(12)18(14)8-9-4-3-7-19-9/h1-2,5-6,9,15H,3-4,7-8H2/t9-/m0/s1. The minimum atomic E-state index is 0.223. The van der Waals surface area contributed by atoms with Crippen LogP contribution >= 0.6 is 12.2 Å². The van der Waals surface area contributed by atoms with Crippen molar-refractivity contribution in [2.45, 2.75) is 25.5 Å². The molecule has 3 aromatic rings. The van der Waals surface area contributed by atoms with E-state index in [0.717, 1.165) is 48.1 Å². The normalized spacial score (nSPS) is 19.1. The Morgan fingerprint density at radius 1 is 1.35 bits per heavy atom. The van der Waals surface area contributed by atoms with E-state index in [4.69, 9.17) is 17.0 Å². The molecule has 1 aliphatic heterocycles. The second kappa shape index (κ2) is 4.64. The van der Waals surface area contributed by atoms with Crippen molar-refractivity contribution in [1.82, 2.24) is 19.7 Å². The summed E-state index contributed by atoms with van der Waals surface area (Å²) in [4.78, 5) is 3.40. The highest BCUT2D eigenvalue weighted by Crippen LogP contribution is 2.24. The maximum atomic E-state index is 5.71. The number of ether oxygens (including phenoxy) is 1. The van der Waals surface area contributed by atoms with Crippen LogP contribution in [0, 0.1) is 4.77 Å². The fraction of sp³-hybridized carbons (Fsp3) is 0.357. The fourth-order valence-electron chi connectivity index (χ4n) is 2.81. The van der Waals surface area contributed by atoms with Crippen LogP contribution in [-0.4, -0.2) is 32.5 Å². The van der Waals surface area contributed by atoms with Gasteiger partial charge >= 0.3 is 0 Å². The molecule has 1 aromatic carbocycles. The smallest absolute Gasteiger partial charge is 0.222 e. The minimum Gasteiger partial charge on any atom is -0.376 e. The number of H-pyrrole nitrogens is 1. The predicted molar refractivity (Wildman–Crippen MR) is 79.2 cm³/mol. The number of fused-ring (bicyclic) bond motifs is 3. The molecule has 1 fully saturated rings. The fourth-order valence-corrected chi connectivity index (χ4v) is 3.02. The maximum absolute atomic E-state index is 5.71. The molecule has 0 unspecified atom stereocenters. The predicted octanol–water partition coefficient (Wildman–Crippen LogP) is 2.82. The number of hydrogen-bond donors (Lipinski definition) is 1. The Labute approximate surface area is 120 Å². The Morgan fingerprint density at radius 2 is 2.25 bits per heavy atom. The van der Waals surface area contributed by atoms with Crippen LogP contribution in [-0.2, 0) is 11.3 Å².